The van der Waals surface area contributed by atoms with Crippen LogP contribution in [0.4, 0.5) is 5.69 Å². The first-order valence-electron chi connectivity index (χ1n) is 9.80. The molecule has 154 valence electrons. The molecular weight excluding hydrogens is 394 g/mol. The summed E-state index contributed by atoms with van der Waals surface area (Å²) in [7, 11) is -3.92. The fourth-order valence-electron chi connectivity index (χ4n) is 2.90. The highest BCUT2D eigenvalue weighted by atomic mass is 32.2. The highest BCUT2D eigenvalue weighted by Crippen LogP contribution is 2.30. The maximum absolute atomic E-state index is 12.7. The molecule has 0 saturated carbocycles. The molecule has 0 atom stereocenters. The van der Waals surface area contributed by atoms with Gasteiger partial charge in [0.15, 0.2) is 5.75 Å². The van der Waals surface area contributed by atoms with Crippen LogP contribution in [0.5, 0.6) is 5.75 Å². The molecule has 0 bridgehead atoms. The molecule has 0 aliphatic heterocycles. The summed E-state index contributed by atoms with van der Waals surface area (Å²) in [6, 6.07) is 21.8. The molecule has 0 unspecified atom stereocenters. The Morgan fingerprint density at radius 3 is 2.10 bits per heavy atom. The van der Waals surface area contributed by atoms with Gasteiger partial charge in [-0.25, -0.2) is 0 Å². The van der Waals surface area contributed by atoms with Crippen LogP contribution in [0.3, 0.4) is 0 Å². The van der Waals surface area contributed by atoms with Gasteiger partial charge in [-0.2, -0.15) is 8.42 Å². The van der Waals surface area contributed by atoms with Crippen LogP contribution in [0.15, 0.2) is 77.7 Å². The van der Waals surface area contributed by atoms with Gasteiger partial charge in [-0.15, -0.1) is 0 Å². The minimum atomic E-state index is -3.92. The Kier molecular flexibility index (Phi) is 6.81. The van der Waals surface area contributed by atoms with Crippen LogP contribution in [0.25, 0.3) is 0 Å². The maximum Gasteiger partial charge on any atom is 0.339 e. The zero-order valence-corrected chi connectivity index (χ0v) is 18.2. The van der Waals surface area contributed by atoms with Crippen molar-refractivity contribution in [3.8, 4) is 17.6 Å². The van der Waals surface area contributed by atoms with Gasteiger partial charge in [-0.1, -0.05) is 59.4 Å². The fraction of sp³-hybridized carbons (Fsp3) is 0.200. The van der Waals surface area contributed by atoms with Gasteiger partial charge in [0.25, 0.3) is 0 Å². The average Bonchev–Trinajstić information content (AvgIpc) is 2.73. The highest BCUT2D eigenvalue weighted by Gasteiger charge is 2.20. The molecule has 0 aliphatic carbocycles. The van der Waals surface area contributed by atoms with Gasteiger partial charge < -0.3 is 9.08 Å². The van der Waals surface area contributed by atoms with E-state index in [4.69, 9.17) is 4.18 Å². The van der Waals surface area contributed by atoms with E-state index in [9.17, 15) is 8.42 Å². The first kappa shape index (κ1) is 21.5. The van der Waals surface area contributed by atoms with E-state index in [1.165, 1.54) is 5.56 Å². The van der Waals surface area contributed by atoms with Crippen molar-refractivity contribution in [3.05, 3.63) is 89.5 Å². The summed E-state index contributed by atoms with van der Waals surface area (Å²) < 4.78 is 31.0. The smallest absolute Gasteiger partial charge is 0.339 e. The molecule has 3 aromatic rings. The number of anilines is 1. The van der Waals surface area contributed by atoms with Crippen molar-refractivity contribution in [2.75, 3.05) is 18.0 Å². The summed E-state index contributed by atoms with van der Waals surface area (Å²) in [4.78, 5) is 2.12. The minimum Gasteiger partial charge on any atom is -0.377 e. The lowest BCUT2D eigenvalue weighted by molar-refractivity contribution is 0.485. The highest BCUT2D eigenvalue weighted by molar-refractivity contribution is 7.87. The average molecular weight is 420 g/mol. The third-order valence-corrected chi connectivity index (χ3v) is 5.90. The normalized spacial score (nSPS) is 10.8. The molecule has 3 aromatic carbocycles. The van der Waals surface area contributed by atoms with E-state index in [0.29, 0.717) is 18.8 Å². The number of hydrogen-bond donors (Lipinski definition) is 0. The number of benzene rings is 3. The van der Waals surface area contributed by atoms with Gasteiger partial charge in [-0.05, 0) is 57.2 Å². The lowest BCUT2D eigenvalue weighted by Crippen LogP contribution is -2.24. The van der Waals surface area contributed by atoms with Crippen LogP contribution in [0.1, 0.15) is 23.6 Å². The Bertz CT molecular complexity index is 1160. The first-order valence-corrected chi connectivity index (χ1v) is 11.2. The monoisotopic (exact) mass is 419 g/mol. The summed E-state index contributed by atoms with van der Waals surface area (Å²) in [6.07, 6.45) is 0. The Labute approximate surface area is 179 Å². The minimum absolute atomic E-state index is 0.130. The zero-order chi connectivity index (χ0) is 21.6. The molecule has 30 heavy (non-hydrogen) atoms. The molecule has 0 saturated heterocycles. The van der Waals surface area contributed by atoms with Crippen molar-refractivity contribution in [3.63, 3.8) is 0 Å². The molecule has 0 amide bonds. The van der Waals surface area contributed by atoms with Gasteiger partial charge in [-0.3, -0.25) is 0 Å². The van der Waals surface area contributed by atoms with Crippen LogP contribution >= 0.6 is 0 Å². The van der Waals surface area contributed by atoms with Crippen LogP contribution in [0.2, 0.25) is 0 Å². The molecule has 0 radical (unpaired) electrons. The van der Waals surface area contributed by atoms with Crippen molar-refractivity contribution >= 4 is 15.8 Å². The summed E-state index contributed by atoms with van der Waals surface area (Å²) >= 11 is 0. The van der Waals surface area contributed by atoms with Crippen molar-refractivity contribution in [2.24, 2.45) is 0 Å². The molecule has 0 N–H and O–H groups in total. The van der Waals surface area contributed by atoms with Gasteiger partial charge >= 0.3 is 10.1 Å². The van der Waals surface area contributed by atoms with Crippen LogP contribution in [0, 0.1) is 25.7 Å². The summed E-state index contributed by atoms with van der Waals surface area (Å²) in [5.74, 6) is 6.61. The molecule has 4 nitrogen and oxygen atoms in total. The molecule has 0 heterocycles. The Hall–Kier alpha value is -3.23. The van der Waals surface area contributed by atoms with Gasteiger partial charge in [0.1, 0.15) is 4.90 Å². The number of aryl methyl sites for hydroxylation is 2. The molecule has 3 rings (SSSR count). The van der Waals surface area contributed by atoms with E-state index in [0.717, 1.165) is 11.1 Å². The first-order chi connectivity index (χ1) is 14.4. The molecule has 5 heteroatoms. The second kappa shape index (κ2) is 9.51. The van der Waals surface area contributed by atoms with Crippen LogP contribution < -0.4 is 9.08 Å². The third-order valence-electron chi connectivity index (χ3n) is 4.65. The van der Waals surface area contributed by atoms with E-state index < -0.39 is 10.1 Å². The Morgan fingerprint density at radius 1 is 0.867 bits per heavy atom. The van der Waals surface area contributed by atoms with Gasteiger partial charge in [0, 0.05) is 12.1 Å². The molecular formula is C25H25NO3S. The number of rotatable bonds is 6. The lowest BCUT2D eigenvalue weighted by atomic mass is 10.1. The number of hydrogen-bond acceptors (Lipinski definition) is 4. The molecule has 0 fully saturated rings. The second-order valence-electron chi connectivity index (χ2n) is 7.00. The molecule has 0 aliphatic rings. The SMILES string of the molecule is CCN(CC#Cc1ccc(C)cc1)c1ccccc1OS(=O)(=O)c1ccc(C)cc1. The predicted octanol–water partition coefficient (Wildman–Crippen LogP) is 4.95. The standard InChI is InChI=1S/C25H25NO3S/c1-4-26(19-7-8-22-15-11-20(2)12-16-22)24-9-5-6-10-25(24)29-30(27,28)23-17-13-21(3)14-18-23/h5-6,9-18H,4,19H2,1-3H3. The maximum atomic E-state index is 12.7. The zero-order valence-electron chi connectivity index (χ0n) is 17.4. The van der Waals surface area contributed by atoms with E-state index in [-0.39, 0.29) is 10.6 Å². The number of nitrogens with zero attached hydrogens (tertiary/aromatic N) is 1. The second-order valence-corrected chi connectivity index (χ2v) is 8.55. The van der Waals surface area contributed by atoms with E-state index in [1.807, 2.05) is 62.1 Å². The summed E-state index contributed by atoms with van der Waals surface area (Å²) in [5, 5.41) is 0. The van der Waals surface area contributed by atoms with Gasteiger partial charge in [0.05, 0.1) is 12.2 Å². The van der Waals surface area contributed by atoms with E-state index >= 15 is 0 Å². The van der Waals surface area contributed by atoms with E-state index in [2.05, 4.69) is 11.8 Å². The van der Waals surface area contributed by atoms with Crippen molar-refractivity contribution in [2.45, 2.75) is 25.7 Å². The largest absolute Gasteiger partial charge is 0.377 e. The third kappa shape index (κ3) is 5.43. The summed E-state index contributed by atoms with van der Waals surface area (Å²) in [5.41, 5.74) is 3.81. The van der Waals surface area contributed by atoms with Gasteiger partial charge in [0.2, 0.25) is 0 Å². The topological polar surface area (TPSA) is 46.6 Å². The molecule has 0 spiro atoms. The fourth-order valence-corrected chi connectivity index (χ4v) is 3.84. The Morgan fingerprint density at radius 2 is 1.47 bits per heavy atom. The quantitative estimate of drug-likeness (QED) is 0.419. The lowest BCUT2D eigenvalue weighted by Gasteiger charge is -2.23. The van der Waals surface area contributed by atoms with Crippen LogP contribution in [-0.2, 0) is 10.1 Å². The van der Waals surface area contributed by atoms with Crippen LogP contribution in [-0.4, -0.2) is 21.5 Å². The Balaban J connectivity index is 1.82. The number of para-hydroxylation sites is 2. The van der Waals surface area contributed by atoms with E-state index in [1.54, 1.807) is 36.4 Å². The van der Waals surface area contributed by atoms with Crippen molar-refractivity contribution in [1.29, 1.82) is 0 Å². The predicted molar refractivity (Wildman–Crippen MR) is 121 cm³/mol. The van der Waals surface area contributed by atoms with Crippen molar-refractivity contribution in [1.82, 2.24) is 0 Å². The molecule has 0 aromatic heterocycles. The summed E-state index contributed by atoms with van der Waals surface area (Å²) in [6.45, 7) is 7.06. The van der Waals surface area contributed by atoms with Crippen molar-refractivity contribution < 1.29 is 12.6 Å².